The van der Waals surface area contributed by atoms with Crippen molar-refractivity contribution in [1.82, 2.24) is 15.1 Å². The number of urea groups is 1. The molecule has 1 aliphatic rings. The van der Waals surface area contributed by atoms with Crippen molar-refractivity contribution in [2.24, 2.45) is 0 Å². The summed E-state index contributed by atoms with van der Waals surface area (Å²) in [6.45, 7) is 1.75. The summed E-state index contributed by atoms with van der Waals surface area (Å²) < 4.78 is 13.8. The van der Waals surface area contributed by atoms with E-state index in [4.69, 9.17) is 0 Å². The van der Waals surface area contributed by atoms with Crippen LogP contribution in [0.5, 0.6) is 0 Å². The number of nitrogens with zero attached hydrogens (tertiary/aromatic N) is 2. The molecule has 28 heavy (non-hydrogen) atoms. The molecule has 2 aromatic rings. The average Bonchev–Trinajstić information content (AvgIpc) is 2.69. The fourth-order valence-electron chi connectivity index (χ4n) is 2.97. The number of hydrogen-bond donors (Lipinski definition) is 2. The molecule has 0 radical (unpaired) electrons. The number of carbonyl (C=O) groups is 3. The number of imide groups is 1. The number of rotatable bonds is 4. The summed E-state index contributed by atoms with van der Waals surface area (Å²) in [5.41, 5.74) is 0.638. The van der Waals surface area contributed by atoms with Gasteiger partial charge in [-0.15, -0.1) is 0 Å². The lowest BCUT2D eigenvalue weighted by molar-refractivity contribution is -0.121. The van der Waals surface area contributed by atoms with Gasteiger partial charge in [0, 0.05) is 31.9 Å². The van der Waals surface area contributed by atoms with Gasteiger partial charge in [0.25, 0.3) is 5.91 Å². The lowest BCUT2D eigenvalue weighted by atomic mass is 10.1. The van der Waals surface area contributed by atoms with Crippen molar-refractivity contribution in [2.45, 2.75) is 0 Å². The van der Waals surface area contributed by atoms with Crippen LogP contribution in [-0.4, -0.2) is 60.4 Å². The van der Waals surface area contributed by atoms with Gasteiger partial charge >= 0.3 is 6.03 Å². The highest BCUT2D eigenvalue weighted by Gasteiger charge is 2.25. The molecule has 3 rings (SSSR count). The van der Waals surface area contributed by atoms with Gasteiger partial charge in [-0.3, -0.25) is 19.8 Å². The lowest BCUT2D eigenvalue weighted by Gasteiger charge is -2.34. The molecule has 2 N–H and O–H groups in total. The van der Waals surface area contributed by atoms with Crippen LogP contribution < -0.4 is 10.6 Å². The summed E-state index contributed by atoms with van der Waals surface area (Å²) in [6, 6.07) is 14.1. The third kappa shape index (κ3) is 5.14. The second kappa shape index (κ2) is 9.09. The molecule has 0 atom stereocenters. The Morgan fingerprint density at radius 2 is 1.54 bits per heavy atom. The minimum Gasteiger partial charge on any atom is -0.336 e. The molecule has 7 nitrogen and oxygen atoms in total. The van der Waals surface area contributed by atoms with Gasteiger partial charge in [-0.1, -0.05) is 30.3 Å². The molecule has 1 heterocycles. The van der Waals surface area contributed by atoms with E-state index in [1.165, 1.54) is 18.2 Å². The van der Waals surface area contributed by atoms with E-state index >= 15 is 0 Å². The molecule has 8 heteroatoms. The molecule has 0 unspecified atom stereocenters. The molecule has 1 saturated heterocycles. The molecule has 1 aliphatic heterocycles. The summed E-state index contributed by atoms with van der Waals surface area (Å²) >= 11 is 0. The summed E-state index contributed by atoms with van der Waals surface area (Å²) in [5.74, 6) is -1.33. The van der Waals surface area contributed by atoms with Crippen molar-refractivity contribution in [2.75, 3.05) is 38.0 Å². The van der Waals surface area contributed by atoms with Gasteiger partial charge in [0.05, 0.1) is 12.1 Å². The van der Waals surface area contributed by atoms with Crippen molar-refractivity contribution in [1.29, 1.82) is 0 Å². The van der Waals surface area contributed by atoms with Crippen LogP contribution in [0.3, 0.4) is 0 Å². The van der Waals surface area contributed by atoms with E-state index in [1.807, 2.05) is 11.0 Å². The Kier molecular flexibility index (Phi) is 6.33. The van der Waals surface area contributed by atoms with Gasteiger partial charge in [-0.25, -0.2) is 9.18 Å². The Morgan fingerprint density at radius 3 is 2.21 bits per heavy atom. The maximum atomic E-state index is 13.8. The smallest absolute Gasteiger partial charge is 0.325 e. The molecular formula is C20H21FN4O3. The van der Waals surface area contributed by atoms with Crippen LogP contribution in [0.25, 0.3) is 0 Å². The second-order valence-electron chi connectivity index (χ2n) is 6.42. The molecule has 146 valence electrons. The van der Waals surface area contributed by atoms with Crippen LogP contribution in [0.2, 0.25) is 0 Å². The van der Waals surface area contributed by atoms with E-state index < -0.39 is 17.8 Å². The molecular weight excluding hydrogens is 363 g/mol. The molecule has 0 spiro atoms. The highest BCUT2D eigenvalue weighted by molar-refractivity contribution is 6.01. The Balaban J connectivity index is 1.44. The number of para-hydroxylation sites is 1. The summed E-state index contributed by atoms with van der Waals surface area (Å²) in [5, 5.41) is 4.86. The largest absolute Gasteiger partial charge is 0.336 e. The zero-order valence-corrected chi connectivity index (χ0v) is 15.2. The Bertz CT molecular complexity index is 852. The number of nitrogens with one attached hydrogen (secondary N) is 2. The quantitative estimate of drug-likeness (QED) is 0.844. The van der Waals surface area contributed by atoms with Gasteiger partial charge in [-0.2, -0.15) is 0 Å². The van der Waals surface area contributed by atoms with Crippen molar-refractivity contribution in [3.8, 4) is 0 Å². The Morgan fingerprint density at radius 1 is 0.893 bits per heavy atom. The van der Waals surface area contributed by atoms with Crippen LogP contribution in [0.1, 0.15) is 10.4 Å². The van der Waals surface area contributed by atoms with Crippen LogP contribution in [0.4, 0.5) is 14.9 Å². The van der Waals surface area contributed by atoms with Crippen molar-refractivity contribution < 1.29 is 18.8 Å². The predicted molar refractivity (Wildman–Crippen MR) is 102 cm³/mol. The third-order valence-corrected chi connectivity index (χ3v) is 4.42. The molecule has 0 aromatic heterocycles. The number of anilines is 1. The van der Waals surface area contributed by atoms with Gasteiger partial charge in [0.2, 0.25) is 5.91 Å². The summed E-state index contributed by atoms with van der Waals surface area (Å²) in [6.07, 6.45) is 0. The van der Waals surface area contributed by atoms with Crippen molar-refractivity contribution in [3.63, 3.8) is 0 Å². The minimum absolute atomic E-state index is 0.0456. The van der Waals surface area contributed by atoms with E-state index in [9.17, 15) is 18.8 Å². The second-order valence-corrected chi connectivity index (χ2v) is 6.42. The molecule has 1 fully saturated rings. The van der Waals surface area contributed by atoms with E-state index in [2.05, 4.69) is 10.6 Å². The maximum Gasteiger partial charge on any atom is 0.325 e. The van der Waals surface area contributed by atoms with E-state index in [1.54, 1.807) is 35.2 Å². The Hall–Kier alpha value is -3.26. The van der Waals surface area contributed by atoms with Crippen LogP contribution >= 0.6 is 0 Å². The molecule has 4 amide bonds. The standard InChI is InChI=1S/C20H21FN4O3/c21-17-9-5-4-8-16(17)19(27)25-12-10-24(11-13-25)14-18(26)23-20(28)22-15-6-2-1-3-7-15/h1-9H,10-14H2,(H2,22,23,26,28). The van der Waals surface area contributed by atoms with E-state index in [-0.39, 0.29) is 18.0 Å². The third-order valence-electron chi connectivity index (χ3n) is 4.42. The number of benzene rings is 2. The van der Waals surface area contributed by atoms with Gasteiger partial charge in [0.1, 0.15) is 5.82 Å². The maximum absolute atomic E-state index is 13.8. The predicted octanol–water partition coefficient (Wildman–Crippen LogP) is 1.93. The molecule has 0 bridgehead atoms. The number of hydrogen-bond acceptors (Lipinski definition) is 4. The SMILES string of the molecule is O=C(CN1CCN(C(=O)c2ccccc2F)CC1)NC(=O)Nc1ccccc1. The van der Waals surface area contributed by atoms with Crippen molar-refractivity contribution >= 4 is 23.5 Å². The van der Waals surface area contributed by atoms with Crippen LogP contribution in [0, 0.1) is 5.82 Å². The number of piperazine rings is 1. The highest BCUT2D eigenvalue weighted by atomic mass is 19.1. The van der Waals surface area contributed by atoms with E-state index in [0.717, 1.165) is 0 Å². The first-order valence-electron chi connectivity index (χ1n) is 8.95. The van der Waals surface area contributed by atoms with Gasteiger partial charge in [-0.05, 0) is 24.3 Å². The van der Waals surface area contributed by atoms with Crippen LogP contribution in [0.15, 0.2) is 54.6 Å². The van der Waals surface area contributed by atoms with Crippen molar-refractivity contribution in [3.05, 3.63) is 66.0 Å². The fourth-order valence-corrected chi connectivity index (χ4v) is 2.97. The summed E-state index contributed by atoms with van der Waals surface area (Å²) in [7, 11) is 0. The zero-order chi connectivity index (χ0) is 19.9. The first-order valence-corrected chi connectivity index (χ1v) is 8.95. The zero-order valence-electron chi connectivity index (χ0n) is 15.2. The highest BCUT2D eigenvalue weighted by Crippen LogP contribution is 2.12. The number of amides is 4. The lowest BCUT2D eigenvalue weighted by Crippen LogP contribution is -2.51. The first-order chi connectivity index (χ1) is 13.5. The molecule has 0 aliphatic carbocycles. The average molecular weight is 384 g/mol. The summed E-state index contributed by atoms with van der Waals surface area (Å²) in [4.78, 5) is 39.7. The number of carbonyl (C=O) groups excluding carboxylic acids is 3. The van der Waals surface area contributed by atoms with Gasteiger partial charge in [0.15, 0.2) is 0 Å². The van der Waals surface area contributed by atoms with E-state index in [0.29, 0.717) is 31.9 Å². The Labute approximate surface area is 162 Å². The fraction of sp³-hybridized carbons (Fsp3) is 0.250. The molecule has 0 saturated carbocycles. The van der Waals surface area contributed by atoms with Crippen LogP contribution in [-0.2, 0) is 4.79 Å². The monoisotopic (exact) mass is 384 g/mol. The normalized spacial score (nSPS) is 14.4. The topological polar surface area (TPSA) is 81.8 Å². The van der Waals surface area contributed by atoms with Gasteiger partial charge < -0.3 is 10.2 Å². The minimum atomic E-state index is -0.593. The molecule has 2 aromatic carbocycles. The number of halogens is 1. The first kappa shape index (κ1) is 19.5.